The first-order valence-electron chi connectivity index (χ1n) is 6.32. The summed E-state index contributed by atoms with van der Waals surface area (Å²) in [7, 11) is 0. The van der Waals surface area contributed by atoms with E-state index in [9.17, 15) is 9.18 Å². The van der Waals surface area contributed by atoms with Crippen LogP contribution in [0.5, 0.6) is 0 Å². The molecule has 2 rings (SSSR count). The standard InChI is InChI=1S/C15H17FN2O/c1-9(2)4-13-8-14(19)18-15(17-13)11-5-10(3)6-12(16)7-11/h5-9H,4H2,1-3H3,(H,17,18,19). The van der Waals surface area contributed by atoms with Crippen molar-refractivity contribution in [1.82, 2.24) is 9.97 Å². The summed E-state index contributed by atoms with van der Waals surface area (Å²) in [6.07, 6.45) is 0.727. The molecule has 0 saturated heterocycles. The molecule has 1 aromatic heterocycles. The molecule has 100 valence electrons. The number of hydrogen-bond acceptors (Lipinski definition) is 2. The summed E-state index contributed by atoms with van der Waals surface area (Å²) in [5, 5.41) is 0. The van der Waals surface area contributed by atoms with Crippen LogP contribution in [0, 0.1) is 18.7 Å². The molecule has 0 aliphatic carbocycles. The van der Waals surface area contributed by atoms with Gasteiger partial charge in [-0.3, -0.25) is 4.79 Å². The second-order valence-corrected chi connectivity index (χ2v) is 5.20. The summed E-state index contributed by atoms with van der Waals surface area (Å²) < 4.78 is 13.4. The number of halogens is 1. The number of H-pyrrole nitrogens is 1. The molecule has 4 heteroatoms. The van der Waals surface area contributed by atoms with Gasteiger partial charge in [-0.1, -0.05) is 13.8 Å². The van der Waals surface area contributed by atoms with E-state index in [-0.39, 0.29) is 11.4 Å². The maximum atomic E-state index is 13.4. The Bertz CT molecular complexity index is 627. The number of aryl methyl sites for hydroxylation is 1. The molecule has 0 aliphatic rings. The lowest BCUT2D eigenvalue weighted by molar-refractivity contribution is 0.626. The van der Waals surface area contributed by atoms with E-state index >= 15 is 0 Å². The van der Waals surface area contributed by atoms with E-state index in [1.165, 1.54) is 18.2 Å². The number of rotatable bonds is 3. The summed E-state index contributed by atoms with van der Waals surface area (Å²) in [6.45, 7) is 5.94. The van der Waals surface area contributed by atoms with E-state index in [1.54, 1.807) is 6.07 Å². The van der Waals surface area contributed by atoms with Crippen molar-refractivity contribution in [3.8, 4) is 11.4 Å². The minimum Gasteiger partial charge on any atom is -0.307 e. The summed E-state index contributed by atoms with van der Waals surface area (Å²) in [4.78, 5) is 18.7. The van der Waals surface area contributed by atoms with E-state index in [2.05, 4.69) is 23.8 Å². The monoisotopic (exact) mass is 260 g/mol. The third-order valence-electron chi connectivity index (χ3n) is 2.73. The van der Waals surface area contributed by atoms with E-state index in [1.807, 2.05) is 6.92 Å². The molecule has 0 unspecified atom stereocenters. The predicted octanol–water partition coefficient (Wildman–Crippen LogP) is 3.08. The Labute approximate surface area is 111 Å². The number of hydrogen-bond donors (Lipinski definition) is 1. The number of nitrogens with zero attached hydrogens (tertiary/aromatic N) is 1. The fourth-order valence-corrected chi connectivity index (χ4v) is 2.04. The third kappa shape index (κ3) is 3.50. The summed E-state index contributed by atoms with van der Waals surface area (Å²) in [6, 6.07) is 6.13. The maximum absolute atomic E-state index is 13.4. The summed E-state index contributed by atoms with van der Waals surface area (Å²) >= 11 is 0. The van der Waals surface area contributed by atoms with Gasteiger partial charge in [-0.05, 0) is 43.0 Å². The highest BCUT2D eigenvalue weighted by Crippen LogP contribution is 2.18. The van der Waals surface area contributed by atoms with Crippen molar-refractivity contribution in [2.24, 2.45) is 5.92 Å². The lowest BCUT2D eigenvalue weighted by Crippen LogP contribution is -2.12. The van der Waals surface area contributed by atoms with Crippen LogP contribution < -0.4 is 5.56 Å². The number of aromatic amines is 1. The highest BCUT2D eigenvalue weighted by Gasteiger charge is 2.07. The highest BCUT2D eigenvalue weighted by atomic mass is 19.1. The van der Waals surface area contributed by atoms with Crippen molar-refractivity contribution in [3.05, 3.63) is 51.7 Å². The summed E-state index contributed by atoms with van der Waals surface area (Å²) in [5.74, 6) is 0.508. The van der Waals surface area contributed by atoms with Crippen LogP contribution in [0.2, 0.25) is 0 Å². The first kappa shape index (κ1) is 13.5. The van der Waals surface area contributed by atoms with Crippen LogP contribution in [0.15, 0.2) is 29.1 Å². The Kier molecular flexibility index (Phi) is 3.79. The highest BCUT2D eigenvalue weighted by molar-refractivity contribution is 5.56. The van der Waals surface area contributed by atoms with E-state index in [0.717, 1.165) is 17.7 Å². The van der Waals surface area contributed by atoms with E-state index < -0.39 is 0 Å². The van der Waals surface area contributed by atoms with Crippen molar-refractivity contribution in [3.63, 3.8) is 0 Å². The minimum atomic E-state index is -0.327. The Hall–Kier alpha value is -1.97. The van der Waals surface area contributed by atoms with Crippen molar-refractivity contribution in [2.45, 2.75) is 27.2 Å². The molecule has 0 amide bonds. The van der Waals surface area contributed by atoms with Crippen LogP contribution in [-0.4, -0.2) is 9.97 Å². The van der Waals surface area contributed by atoms with Crippen LogP contribution in [0.25, 0.3) is 11.4 Å². The maximum Gasteiger partial charge on any atom is 0.251 e. The molecule has 3 nitrogen and oxygen atoms in total. The predicted molar refractivity (Wildman–Crippen MR) is 73.5 cm³/mol. The second kappa shape index (κ2) is 5.34. The van der Waals surface area contributed by atoms with Crippen LogP contribution in [-0.2, 0) is 6.42 Å². The Morgan fingerprint density at radius 1 is 1.26 bits per heavy atom. The molecule has 2 aromatic rings. The number of benzene rings is 1. The van der Waals surface area contributed by atoms with Gasteiger partial charge in [0.2, 0.25) is 0 Å². The van der Waals surface area contributed by atoms with E-state index in [0.29, 0.717) is 17.3 Å². The first-order chi connectivity index (χ1) is 8.94. The normalized spacial score (nSPS) is 11.0. The zero-order valence-corrected chi connectivity index (χ0v) is 11.3. The lowest BCUT2D eigenvalue weighted by atomic mass is 10.1. The van der Waals surface area contributed by atoms with Crippen LogP contribution in [0.1, 0.15) is 25.1 Å². The molecule has 1 heterocycles. The molecule has 0 aliphatic heterocycles. The van der Waals surface area contributed by atoms with Gasteiger partial charge < -0.3 is 4.98 Å². The molecule has 0 bridgehead atoms. The Morgan fingerprint density at radius 2 is 2.00 bits per heavy atom. The molecule has 0 spiro atoms. The van der Waals surface area contributed by atoms with Crippen molar-refractivity contribution < 1.29 is 4.39 Å². The first-order valence-corrected chi connectivity index (χ1v) is 6.32. The van der Waals surface area contributed by atoms with Gasteiger partial charge in [0.15, 0.2) is 0 Å². The molecule has 0 fully saturated rings. The topological polar surface area (TPSA) is 45.8 Å². The molecule has 1 N–H and O–H groups in total. The lowest BCUT2D eigenvalue weighted by Gasteiger charge is -2.07. The largest absolute Gasteiger partial charge is 0.307 e. The summed E-state index contributed by atoms with van der Waals surface area (Å²) in [5.41, 5.74) is 1.92. The molecule has 19 heavy (non-hydrogen) atoms. The zero-order chi connectivity index (χ0) is 14.0. The van der Waals surface area contributed by atoms with Gasteiger partial charge in [0.05, 0.1) is 0 Å². The molecule has 0 saturated carbocycles. The van der Waals surface area contributed by atoms with Gasteiger partial charge in [0.1, 0.15) is 11.6 Å². The van der Waals surface area contributed by atoms with Gasteiger partial charge in [-0.15, -0.1) is 0 Å². The molecule has 0 radical (unpaired) electrons. The number of nitrogens with one attached hydrogen (secondary N) is 1. The minimum absolute atomic E-state index is 0.206. The number of aromatic nitrogens is 2. The zero-order valence-electron chi connectivity index (χ0n) is 11.3. The van der Waals surface area contributed by atoms with Crippen molar-refractivity contribution in [2.75, 3.05) is 0 Å². The van der Waals surface area contributed by atoms with Gasteiger partial charge in [-0.25, -0.2) is 9.37 Å². The van der Waals surface area contributed by atoms with Gasteiger partial charge in [0.25, 0.3) is 5.56 Å². The van der Waals surface area contributed by atoms with Gasteiger partial charge in [0, 0.05) is 17.3 Å². The average Bonchev–Trinajstić information content (AvgIpc) is 2.25. The van der Waals surface area contributed by atoms with Crippen LogP contribution in [0.3, 0.4) is 0 Å². The molecule has 0 atom stereocenters. The van der Waals surface area contributed by atoms with Crippen molar-refractivity contribution >= 4 is 0 Å². The molecule has 1 aromatic carbocycles. The molecular weight excluding hydrogens is 243 g/mol. The van der Waals surface area contributed by atoms with Crippen molar-refractivity contribution in [1.29, 1.82) is 0 Å². The Morgan fingerprint density at radius 3 is 2.63 bits per heavy atom. The quantitative estimate of drug-likeness (QED) is 0.921. The second-order valence-electron chi connectivity index (χ2n) is 5.20. The third-order valence-corrected chi connectivity index (χ3v) is 2.73. The average molecular weight is 260 g/mol. The fourth-order valence-electron chi connectivity index (χ4n) is 2.04. The fraction of sp³-hybridized carbons (Fsp3) is 0.333. The van der Waals surface area contributed by atoms with Gasteiger partial charge in [-0.2, -0.15) is 0 Å². The van der Waals surface area contributed by atoms with Crippen LogP contribution in [0.4, 0.5) is 4.39 Å². The molecular formula is C15H17FN2O. The smallest absolute Gasteiger partial charge is 0.251 e. The van der Waals surface area contributed by atoms with Crippen LogP contribution >= 0.6 is 0 Å². The van der Waals surface area contributed by atoms with E-state index in [4.69, 9.17) is 0 Å². The Balaban J connectivity index is 2.49. The van der Waals surface area contributed by atoms with Gasteiger partial charge >= 0.3 is 0 Å². The SMILES string of the molecule is Cc1cc(F)cc(-c2nc(CC(C)C)cc(=O)[nH]2)c1.